The van der Waals surface area contributed by atoms with E-state index < -0.39 is 0 Å². The maximum Gasteiger partial charge on any atom is 0.148 e. The largest absolute Gasteiger partial charge is 0.349 e. The van der Waals surface area contributed by atoms with E-state index in [2.05, 4.69) is 22.3 Å². The minimum Gasteiger partial charge on any atom is -0.349 e. The Morgan fingerprint density at radius 3 is 3.38 bits per heavy atom. The lowest BCUT2D eigenvalue weighted by molar-refractivity contribution is -0.108. The number of carbonyl (C=O) groups excluding carboxylic acids is 1. The van der Waals surface area contributed by atoms with Crippen molar-refractivity contribution in [3.63, 3.8) is 0 Å². The van der Waals surface area contributed by atoms with Crippen LogP contribution < -0.4 is 5.32 Å². The van der Waals surface area contributed by atoms with Crippen molar-refractivity contribution < 1.29 is 4.79 Å². The summed E-state index contributed by atoms with van der Waals surface area (Å²) in [6, 6.07) is -0.232. The summed E-state index contributed by atoms with van der Waals surface area (Å²) in [7, 11) is 2.08. The molecule has 0 spiro atoms. The summed E-state index contributed by atoms with van der Waals surface area (Å²) in [5, 5.41) is 3.10. The van der Waals surface area contributed by atoms with Crippen molar-refractivity contribution in [3.05, 3.63) is 11.3 Å². The van der Waals surface area contributed by atoms with Gasteiger partial charge in [0, 0.05) is 18.8 Å². The molecule has 0 fully saturated rings. The molecule has 0 aromatic heterocycles. The molecule has 1 atom stereocenters. The number of likely N-dealkylation sites (N-methyl/N-ethyl adjacent to an activating group) is 1. The zero-order valence-electron chi connectivity index (χ0n) is 7.66. The summed E-state index contributed by atoms with van der Waals surface area (Å²) in [5.74, 6) is 0. The zero-order chi connectivity index (χ0) is 9.26. The molecule has 13 heavy (non-hydrogen) atoms. The lowest BCUT2D eigenvalue weighted by Gasteiger charge is -2.30. The van der Waals surface area contributed by atoms with Crippen LogP contribution in [0.1, 0.15) is 6.42 Å². The van der Waals surface area contributed by atoms with E-state index in [0.29, 0.717) is 0 Å². The average molecular weight is 179 g/mol. The molecule has 2 aliphatic rings. The van der Waals surface area contributed by atoms with Crippen molar-refractivity contribution in [2.75, 3.05) is 20.1 Å². The predicted octanol–water partition coefficient (Wildman–Crippen LogP) is -0.225. The fourth-order valence-corrected chi connectivity index (χ4v) is 1.78. The van der Waals surface area contributed by atoms with Crippen LogP contribution in [0.4, 0.5) is 0 Å². The number of aliphatic imine (C=N–C) groups is 1. The molecule has 0 radical (unpaired) electrons. The van der Waals surface area contributed by atoms with Crippen molar-refractivity contribution in [3.8, 4) is 0 Å². The molecule has 0 saturated heterocycles. The molecule has 70 valence electrons. The van der Waals surface area contributed by atoms with Gasteiger partial charge in [-0.05, 0) is 19.0 Å². The summed E-state index contributed by atoms with van der Waals surface area (Å²) in [5.41, 5.74) is 2.32. The van der Waals surface area contributed by atoms with Gasteiger partial charge in [0.05, 0.1) is 6.34 Å². The van der Waals surface area contributed by atoms with E-state index in [0.717, 1.165) is 37.1 Å². The molecule has 4 heteroatoms. The summed E-state index contributed by atoms with van der Waals surface area (Å²) >= 11 is 0. The Balaban J connectivity index is 2.24. The highest BCUT2D eigenvalue weighted by Gasteiger charge is 2.24. The second kappa shape index (κ2) is 3.30. The maximum absolute atomic E-state index is 10.7. The lowest BCUT2D eigenvalue weighted by Crippen LogP contribution is -2.38. The van der Waals surface area contributed by atoms with E-state index >= 15 is 0 Å². The number of aldehydes is 1. The molecule has 4 nitrogen and oxygen atoms in total. The standard InChI is InChI=1S/C9H13N3O/c1-12-3-2-7-8(4-12)10-6-11-9(7)5-13/h5-6,9H,2-4H2,1H3,(H,10,11). The monoisotopic (exact) mass is 179 g/mol. The molecule has 2 heterocycles. The SMILES string of the molecule is CN1CCC2=C(C1)NC=NC2C=O. The van der Waals surface area contributed by atoms with Crippen LogP contribution in [0, 0.1) is 0 Å². The van der Waals surface area contributed by atoms with Crippen LogP contribution in [-0.2, 0) is 4.79 Å². The minimum absolute atomic E-state index is 0.232. The first kappa shape index (κ1) is 8.44. The van der Waals surface area contributed by atoms with Crippen LogP contribution in [0.3, 0.4) is 0 Å². The summed E-state index contributed by atoms with van der Waals surface area (Å²) in [4.78, 5) is 17.0. The Bertz CT molecular complexity index is 283. The number of hydrogen-bond donors (Lipinski definition) is 1. The highest BCUT2D eigenvalue weighted by Crippen LogP contribution is 2.21. The molecule has 1 N–H and O–H groups in total. The van der Waals surface area contributed by atoms with Crippen LogP contribution >= 0.6 is 0 Å². The van der Waals surface area contributed by atoms with Crippen molar-refractivity contribution in [2.45, 2.75) is 12.5 Å². The van der Waals surface area contributed by atoms with Crippen LogP contribution in [0.15, 0.2) is 16.3 Å². The van der Waals surface area contributed by atoms with Crippen molar-refractivity contribution in [2.24, 2.45) is 4.99 Å². The van der Waals surface area contributed by atoms with E-state index in [9.17, 15) is 4.79 Å². The Labute approximate surface area is 77.3 Å². The third kappa shape index (κ3) is 1.49. The van der Waals surface area contributed by atoms with Crippen LogP contribution in [0.5, 0.6) is 0 Å². The van der Waals surface area contributed by atoms with Crippen LogP contribution in [-0.4, -0.2) is 43.7 Å². The normalized spacial score (nSPS) is 28.2. The van der Waals surface area contributed by atoms with Gasteiger partial charge in [-0.2, -0.15) is 0 Å². The van der Waals surface area contributed by atoms with Crippen molar-refractivity contribution >= 4 is 12.6 Å². The van der Waals surface area contributed by atoms with E-state index in [1.807, 2.05) is 0 Å². The lowest BCUT2D eigenvalue weighted by atomic mass is 9.98. The fourth-order valence-electron chi connectivity index (χ4n) is 1.78. The average Bonchev–Trinajstić information content (AvgIpc) is 2.16. The van der Waals surface area contributed by atoms with Gasteiger partial charge in [-0.3, -0.25) is 4.99 Å². The van der Waals surface area contributed by atoms with Crippen molar-refractivity contribution in [1.82, 2.24) is 10.2 Å². The molecule has 2 rings (SSSR count). The van der Waals surface area contributed by atoms with E-state index in [-0.39, 0.29) is 6.04 Å². The zero-order valence-corrected chi connectivity index (χ0v) is 7.66. The number of rotatable bonds is 1. The van der Waals surface area contributed by atoms with E-state index in [1.54, 1.807) is 6.34 Å². The third-order valence-corrected chi connectivity index (χ3v) is 2.54. The quantitative estimate of drug-likeness (QED) is 0.566. The van der Waals surface area contributed by atoms with Gasteiger partial charge in [0.25, 0.3) is 0 Å². The van der Waals surface area contributed by atoms with Gasteiger partial charge < -0.3 is 15.0 Å². The van der Waals surface area contributed by atoms with E-state index in [1.165, 1.54) is 0 Å². The summed E-state index contributed by atoms with van der Waals surface area (Å²) in [6.45, 7) is 1.91. The maximum atomic E-state index is 10.7. The minimum atomic E-state index is -0.232. The highest BCUT2D eigenvalue weighted by atomic mass is 16.1. The van der Waals surface area contributed by atoms with Gasteiger partial charge in [-0.25, -0.2) is 0 Å². The van der Waals surface area contributed by atoms with Crippen LogP contribution in [0.2, 0.25) is 0 Å². The van der Waals surface area contributed by atoms with Gasteiger partial charge in [-0.1, -0.05) is 0 Å². The third-order valence-electron chi connectivity index (χ3n) is 2.54. The molecule has 0 aromatic carbocycles. The Hall–Kier alpha value is -1.16. The van der Waals surface area contributed by atoms with Gasteiger partial charge in [-0.15, -0.1) is 0 Å². The number of carbonyl (C=O) groups is 1. The molecular formula is C9H13N3O. The topological polar surface area (TPSA) is 44.7 Å². The first-order valence-corrected chi connectivity index (χ1v) is 4.45. The Morgan fingerprint density at radius 2 is 2.62 bits per heavy atom. The first-order chi connectivity index (χ1) is 6.31. The Morgan fingerprint density at radius 1 is 1.77 bits per heavy atom. The Kier molecular flexibility index (Phi) is 2.14. The second-order valence-corrected chi connectivity index (χ2v) is 3.50. The smallest absolute Gasteiger partial charge is 0.148 e. The molecule has 0 bridgehead atoms. The van der Waals surface area contributed by atoms with Crippen LogP contribution in [0.25, 0.3) is 0 Å². The van der Waals surface area contributed by atoms with E-state index in [4.69, 9.17) is 0 Å². The number of hydrogen-bond acceptors (Lipinski definition) is 4. The first-order valence-electron chi connectivity index (χ1n) is 4.45. The molecule has 0 aromatic rings. The molecular weight excluding hydrogens is 166 g/mol. The van der Waals surface area contributed by atoms with Gasteiger partial charge in [0.2, 0.25) is 0 Å². The van der Waals surface area contributed by atoms with Gasteiger partial charge >= 0.3 is 0 Å². The molecule has 1 unspecified atom stereocenters. The fraction of sp³-hybridized carbons (Fsp3) is 0.556. The number of nitrogens with one attached hydrogen (secondary N) is 1. The second-order valence-electron chi connectivity index (χ2n) is 3.50. The highest BCUT2D eigenvalue weighted by molar-refractivity contribution is 5.72. The molecule has 0 aliphatic carbocycles. The molecule has 0 saturated carbocycles. The number of nitrogens with zero attached hydrogens (tertiary/aromatic N) is 2. The van der Waals surface area contributed by atoms with Crippen molar-refractivity contribution in [1.29, 1.82) is 0 Å². The molecule has 2 aliphatic heterocycles. The van der Waals surface area contributed by atoms with Gasteiger partial charge in [0.15, 0.2) is 0 Å². The molecule has 0 amide bonds. The van der Waals surface area contributed by atoms with Gasteiger partial charge in [0.1, 0.15) is 12.3 Å². The predicted molar refractivity (Wildman–Crippen MR) is 50.6 cm³/mol. The summed E-state index contributed by atoms with van der Waals surface area (Å²) < 4.78 is 0. The summed E-state index contributed by atoms with van der Waals surface area (Å²) in [6.07, 6.45) is 3.48.